The molecule has 2 unspecified atom stereocenters. The van der Waals surface area contributed by atoms with Crippen LogP contribution in [0.1, 0.15) is 46.5 Å². The van der Waals surface area contributed by atoms with Gasteiger partial charge in [-0.3, -0.25) is 4.79 Å². The maximum Gasteiger partial charge on any atom is 0.224 e. The number of nitrogens with zero attached hydrogens (tertiary/aromatic N) is 1. The summed E-state index contributed by atoms with van der Waals surface area (Å²) in [6, 6.07) is 0. The Morgan fingerprint density at radius 3 is 2.75 bits per heavy atom. The number of hydrogen-bond donors (Lipinski definition) is 1. The maximum atomic E-state index is 12.3. The Kier molecular flexibility index (Phi) is 5.44. The number of nitrogens with one attached hydrogen (secondary N) is 1. The lowest BCUT2D eigenvalue weighted by atomic mass is 9.94. The SMILES string of the molecule is CC(C)(C)NC(=O)C1CCCN(CC2CCCOC2)C1. The maximum absolute atomic E-state index is 12.3. The van der Waals surface area contributed by atoms with Gasteiger partial charge in [-0.1, -0.05) is 0 Å². The summed E-state index contributed by atoms with van der Waals surface area (Å²) in [4.78, 5) is 14.8. The molecule has 2 aliphatic rings. The smallest absolute Gasteiger partial charge is 0.224 e. The van der Waals surface area contributed by atoms with Crippen molar-refractivity contribution in [3.63, 3.8) is 0 Å². The van der Waals surface area contributed by atoms with Gasteiger partial charge < -0.3 is 15.0 Å². The molecule has 2 aliphatic heterocycles. The largest absolute Gasteiger partial charge is 0.381 e. The minimum atomic E-state index is -0.128. The van der Waals surface area contributed by atoms with Crippen molar-refractivity contribution in [2.75, 3.05) is 32.8 Å². The minimum Gasteiger partial charge on any atom is -0.381 e. The van der Waals surface area contributed by atoms with Gasteiger partial charge in [0.25, 0.3) is 0 Å². The molecule has 0 bridgehead atoms. The van der Waals surface area contributed by atoms with Crippen molar-refractivity contribution in [2.45, 2.75) is 52.0 Å². The molecule has 0 aromatic rings. The van der Waals surface area contributed by atoms with Gasteiger partial charge in [0.05, 0.1) is 12.5 Å². The molecule has 2 saturated heterocycles. The highest BCUT2D eigenvalue weighted by molar-refractivity contribution is 5.79. The Morgan fingerprint density at radius 1 is 1.30 bits per heavy atom. The third kappa shape index (κ3) is 5.06. The average molecular weight is 282 g/mol. The molecule has 0 aromatic carbocycles. The quantitative estimate of drug-likeness (QED) is 0.861. The number of likely N-dealkylation sites (tertiary alicyclic amines) is 1. The Morgan fingerprint density at radius 2 is 2.10 bits per heavy atom. The zero-order chi connectivity index (χ0) is 14.6. The van der Waals surface area contributed by atoms with Crippen LogP contribution in [0, 0.1) is 11.8 Å². The van der Waals surface area contributed by atoms with E-state index in [0.29, 0.717) is 5.92 Å². The second-order valence-electron chi connectivity index (χ2n) is 7.42. The Hall–Kier alpha value is -0.610. The van der Waals surface area contributed by atoms with E-state index in [-0.39, 0.29) is 17.4 Å². The van der Waals surface area contributed by atoms with Crippen LogP contribution >= 0.6 is 0 Å². The first-order valence-corrected chi connectivity index (χ1v) is 8.06. The van der Waals surface area contributed by atoms with Crippen molar-refractivity contribution in [3.8, 4) is 0 Å². The van der Waals surface area contributed by atoms with Crippen molar-refractivity contribution in [2.24, 2.45) is 11.8 Å². The van der Waals surface area contributed by atoms with Crippen LogP contribution in [0.25, 0.3) is 0 Å². The fraction of sp³-hybridized carbons (Fsp3) is 0.938. The molecule has 116 valence electrons. The van der Waals surface area contributed by atoms with Gasteiger partial charge in [-0.15, -0.1) is 0 Å². The summed E-state index contributed by atoms with van der Waals surface area (Å²) in [5.41, 5.74) is -0.128. The van der Waals surface area contributed by atoms with Crippen molar-refractivity contribution in [3.05, 3.63) is 0 Å². The summed E-state index contributed by atoms with van der Waals surface area (Å²) < 4.78 is 5.56. The van der Waals surface area contributed by atoms with Crippen molar-refractivity contribution < 1.29 is 9.53 Å². The van der Waals surface area contributed by atoms with Crippen LogP contribution in [0.15, 0.2) is 0 Å². The molecule has 2 rings (SSSR count). The minimum absolute atomic E-state index is 0.128. The third-order valence-electron chi connectivity index (χ3n) is 4.15. The van der Waals surface area contributed by atoms with E-state index in [0.717, 1.165) is 45.7 Å². The Labute approximate surface area is 123 Å². The molecule has 0 spiro atoms. The molecule has 0 radical (unpaired) electrons. The van der Waals surface area contributed by atoms with Gasteiger partial charge >= 0.3 is 0 Å². The van der Waals surface area contributed by atoms with Gasteiger partial charge in [0, 0.05) is 25.2 Å². The van der Waals surface area contributed by atoms with Crippen LogP contribution in [0.4, 0.5) is 0 Å². The first-order chi connectivity index (χ1) is 9.44. The molecule has 0 aliphatic carbocycles. The van der Waals surface area contributed by atoms with E-state index in [1.807, 2.05) is 20.8 Å². The number of carbonyl (C=O) groups is 1. The predicted octanol–water partition coefficient (Wildman–Crippen LogP) is 2.04. The standard InChI is InChI=1S/C16H30N2O2/c1-16(2,3)17-15(19)14-7-4-8-18(11-14)10-13-6-5-9-20-12-13/h13-14H,4-12H2,1-3H3,(H,17,19). The summed E-state index contributed by atoms with van der Waals surface area (Å²) in [5, 5.41) is 3.12. The summed E-state index contributed by atoms with van der Waals surface area (Å²) in [5.74, 6) is 1.04. The number of rotatable bonds is 3. The molecule has 2 atom stereocenters. The molecule has 0 aromatic heterocycles. The molecule has 20 heavy (non-hydrogen) atoms. The van der Waals surface area contributed by atoms with Crippen molar-refractivity contribution in [1.82, 2.24) is 10.2 Å². The third-order valence-corrected chi connectivity index (χ3v) is 4.15. The highest BCUT2D eigenvalue weighted by Crippen LogP contribution is 2.21. The van der Waals surface area contributed by atoms with E-state index < -0.39 is 0 Å². The van der Waals surface area contributed by atoms with Gasteiger partial charge in [0.2, 0.25) is 5.91 Å². The van der Waals surface area contributed by atoms with Gasteiger partial charge in [-0.25, -0.2) is 0 Å². The summed E-state index contributed by atoms with van der Waals surface area (Å²) in [6.45, 7) is 11.1. The molecule has 0 saturated carbocycles. The molecular formula is C16H30N2O2. The lowest BCUT2D eigenvalue weighted by Gasteiger charge is -2.36. The molecule has 2 heterocycles. The molecule has 2 fully saturated rings. The Balaban J connectivity index is 1.80. The number of hydrogen-bond acceptors (Lipinski definition) is 3. The fourth-order valence-electron chi connectivity index (χ4n) is 3.22. The summed E-state index contributed by atoms with van der Waals surface area (Å²) in [7, 11) is 0. The first kappa shape index (κ1) is 15.8. The molecule has 1 N–H and O–H groups in total. The lowest BCUT2D eigenvalue weighted by Crippen LogP contribution is -2.49. The molecule has 4 nitrogen and oxygen atoms in total. The lowest BCUT2D eigenvalue weighted by molar-refractivity contribution is -0.128. The summed E-state index contributed by atoms with van der Waals surface area (Å²) in [6.07, 6.45) is 4.62. The monoisotopic (exact) mass is 282 g/mol. The van der Waals surface area contributed by atoms with Crippen LogP contribution in [0.2, 0.25) is 0 Å². The van der Waals surface area contributed by atoms with Crippen LogP contribution in [-0.4, -0.2) is 49.2 Å². The highest BCUT2D eigenvalue weighted by atomic mass is 16.5. The van der Waals surface area contributed by atoms with E-state index in [9.17, 15) is 4.79 Å². The highest BCUT2D eigenvalue weighted by Gasteiger charge is 2.29. The number of ether oxygens (including phenoxy) is 1. The van der Waals surface area contributed by atoms with Crippen molar-refractivity contribution >= 4 is 5.91 Å². The number of carbonyl (C=O) groups excluding carboxylic acids is 1. The van der Waals surface area contributed by atoms with E-state index >= 15 is 0 Å². The van der Waals surface area contributed by atoms with E-state index in [4.69, 9.17) is 4.74 Å². The topological polar surface area (TPSA) is 41.6 Å². The zero-order valence-corrected chi connectivity index (χ0v) is 13.3. The Bertz CT molecular complexity index is 319. The van der Waals surface area contributed by atoms with Crippen LogP contribution in [0.5, 0.6) is 0 Å². The normalized spacial score (nSPS) is 29.1. The zero-order valence-electron chi connectivity index (χ0n) is 13.3. The molecule has 1 amide bonds. The van der Waals surface area contributed by atoms with Gasteiger partial charge in [0.15, 0.2) is 0 Å². The van der Waals surface area contributed by atoms with Crippen molar-refractivity contribution in [1.29, 1.82) is 0 Å². The number of piperidine rings is 1. The van der Waals surface area contributed by atoms with Gasteiger partial charge in [-0.05, 0) is 58.9 Å². The van der Waals surface area contributed by atoms with Crippen LogP contribution in [-0.2, 0) is 9.53 Å². The second kappa shape index (κ2) is 6.90. The predicted molar refractivity (Wildman–Crippen MR) is 80.6 cm³/mol. The van der Waals surface area contributed by atoms with Gasteiger partial charge in [-0.2, -0.15) is 0 Å². The van der Waals surface area contributed by atoms with Gasteiger partial charge in [0.1, 0.15) is 0 Å². The molecular weight excluding hydrogens is 252 g/mol. The number of amides is 1. The summed E-state index contributed by atoms with van der Waals surface area (Å²) >= 11 is 0. The first-order valence-electron chi connectivity index (χ1n) is 8.06. The fourth-order valence-corrected chi connectivity index (χ4v) is 3.22. The van der Waals surface area contributed by atoms with E-state index in [1.165, 1.54) is 12.8 Å². The van der Waals surface area contributed by atoms with Crippen LogP contribution < -0.4 is 5.32 Å². The molecule has 4 heteroatoms. The van der Waals surface area contributed by atoms with E-state index in [1.54, 1.807) is 0 Å². The average Bonchev–Trinajstić information content (AvgIpc) is 2.38. The van der Waals surface area contributed by atoms with E-state index in [2.05, 4.69) is 10.2 Å². The second-order valence-corrected chi connectivity index (χ2v) is 7.42. The van der Waals surface area contributed by atoms with Crippen LogP contribution in [0.3, 0.4) is 0 Å².